The molecular formula is C10H11F3N2O2. The van der Waals surface area contributed by atoms with Crippen LogP contribution in [0.25, 0.3) is 0 Å². The summed E-state index contributed by atoms with van der Waals surface area (Å²) in [5, 5.41) is 10.6. The number of aliphatic hydroxyl groups excluding tert-OH is 1. The van der Waals surface area contributed by atoms with Gasteiger partial charge < -0.3 is 16.2 Å². The summed E-state index contributed by atoms with van der Waals surface area (Å²) in [6, 6.07) is 5.96. The van der Waals surface area contributed by atoms with Crippen LogP contribution in [0.5, 0.6) is 0 Å². The van der Waals surface area contributed by atoms with Gasteiger partial charge in [-0.1, -0.05) is 12.1 Å². The highest BCUT2D eigenvalue weighted by Crippen LogP contribution is 2.19. The second-order valence-corrected chi connectivity index (χ2v) is 3.35. The Balaban J connectivity index is 2.60. The second kappa shape index (κ2) is 5.05. The van der Waals surface area contributed by atoms with Crippen LogP contribution >= 0.6 is 0 Å². The first-order valence-corrected chi connectivity index (χ1v) is 4.70. The Morgan fingerprint density at radius 2 is 2.00 bits per heavy atom. The Bertz CT molecular complexity index is 407. The maximum atomic E-state index is 12.0. The van der Waals surface area contributed by atoms with Crippen LogP contribution in [0.15, 0.2) is 24.3 Å². The molecule has 1 unspecified atom stereocenters. The summed E-state index contributed by atoms with van der Waals surface area (Å²) in [7, 11) is 0. The highest BCUT2D eigenvalue weighted by atomic mass is 19.4. The molecular weight excluding hydrogens is 237 g/mol. The first kappa shape index (κ1) is 13.3. The molecule has 7 heteroatoms. The molecule has 17 heavy (non-hydrogen) atoms. The van der Waals surface area contributed by atoms with Gasteiger partial charge in [-0.05, 0) is 12.1 Å². The zero-order valence-electron chi connectivity index (χ0n) is 8.66. The summed E-state index contributed by atoms with van der Waals surface area (Å²) in [5.74, 6) is -0.758. The van der Waals surface area contributed by atoms with E-state index in [-0.39, 0.29) is 11.3 Å². The topological polar surface area (TPSA) is 75.4 Å². The predicted octanol–water partition coefficient (Wildman–Crippen LogP) is 0.922. The highest BCUT2D eigenvalue weighted by molar-refractivity contribution is 5.99. The van der Waals surface area contributed by atoms with Crippen molar-refractivity contribution in [1.82, 2.24) is 5.32 Å². The van der Waals surface area contributed by atoms with E-state index in [4.69, 9.17) is 10.8 Å². The van der Waals surface area contributed by atoms with E-state index in [1.807, 2.05) is 5.32 Å². The van der Waals surface area contributed by atoms with Crippen molar-refractivity contribution in [3.8, 4) is 0 Å². The molecule has 0 saturated carbocycles. The molecule has 0 aliphatic carbocycles. The lowest BCUT2D eigenvalue weighted by Gasteiger charge is -2.15. The van der Waals surface area contributed by atoms with Crippen LogP contribution in [0.1, 0.15) is 10.4 Å². The smallest absolute Gasteiger partial charge is 0.398 e. The fraction of sp³-hybridized carbons (Fsp3) is 0.300. The zero-order valence-corrected chi connectivity index (χ0v) is 8.66. The fourth-order valence-electron chi connectivity index (χ4n) is 1.10. The number of carbonyl (C=O) groups excluding carboxylic acids is 1. The number of anilines is 1. The third-order valence-corrected chi connectivity index (χ3v) is 2.04. The van der Waals surface area contributed by atoms with Crippen molar-refractivity contribution < 1.29 is 23.1 Å². The van der Waals surface area contributed by atoms with Crippen molar-refractivity contribution >= 4 is 11.6 Å². The van der Waals surface area contributed by atoms with Gasteiger partial charge in [-0.25, -0.2) is 0 Å². The largest absolute Gasteiger partial charge is 0.416 e. The fourth-order valence-corrected chi connectivity index (χ4v) is 1.10. The summed E-state index contributed by atoms with van der Waals surface area (Å²) >= 11 is 0. The number of hydrogen-bond acceptors (Lipinski definition) is 3. The average molecular weight is 248 g/mol. The lowest BCUT2D eigenvalue weighted by molar-refractivity contribution is -0.201. The Morgan fingerprint density at radius 3 is 2.53 bits per heavy atom. The number of hydrogen-bond donors (Lipinski definition) is 3. The minimum atomic E-state index is -4.75. The Labute approximate surface area is 95.2 Å². The van der Waals surface area contributed by atoms with Crippen LogP contribution in [-0.4, -0.2) is 29.8 Å². The van der Waals surface area contributed by atoms with E-state index in [1.54, 1.807) is 6.07 Å². The first-order chi connectivity index (χ1) is 7.82. The van der Waals surface area contributed by atoms with Gasteiger partial charge in [-0.15, -0.1) is 0 Å². The molecule has 1 atom stereocenters. The lowest BCUT2D eigenvalue weighted by Crippen LogP contribution is -2.40. The molecule has 1 aromatic rings. The van der Waals surface area contributed by atoms with E-state index >= 15 is 0 Å². The molecule has 0 radical (unpaired) electrons. The number of amides is 1. The summed E-state index contributed by atoms with van der Waals surface area (Å²) in [6.07, 6.45) is -7.34. The van der Waals surface area contributed by atoms with Crippen molar-refractivity contribution in [3.63, 3.8) is 0 Å². The van der Waals surface area contributed by atoms with Gasteiger partial charge in [0, 0.05) is 5.69 Å². The van der Waals surface area contributed by atoms with Crippen molar-refractivity contribution in [2.24, 2.45) is 0 Å². The summed E-state index contributed by atoms with van der Waals surface area (Å²) in [5.41, 5.74) is 5.70. The van der Waals surface area contributed by atoms with Gasteiger partial charge >= 0.3 is 6.18 Å². The van der Waals surface area contributed by atoms with Crippen molar-refractivity contribution in [1.29, 1.82) is 0 Å². The minimum Gasteiger partial charge on any atom is -0.398 e. The van der Waals surface area contributed by atoms with Gasteiger partial charge in [0.2, 0.25) is 0 Å². The Kier molecular flexibility index (Phi) is 3.95. The third-order valence-electron chi connectivity index (χ3n) is 2.04. The molecule has 0 heterocycles. The number of nitrogens with one attached hydrogen (secondary N) is 1. The van der Waals surface area contributed by atoms with Crippen LogP contribution in [-0.2, 0) is 0 Å². The van der Waals surface area contributed by atoms with Gasteiger partial charge in [0.25, 0.3) is 5.91 Å². The van der Waals surface area contributed by atoms with E-state index in [0.29, 0.717) is 0 Å². The van der Waals surface area contributed by atoms with Gasteiger partial charge in [0.05, 0.1) is 12.1 Å². The van der Waals surface area contributed by atoms with Crippen molar-refractivity contribution in [2.75, 3.05) is 12.3 Å². The molecule has 1 amide bonds. The highest BCUT2D eigenvalue weighted by Gasteiger charge is 2.38. The number of para-hydroxylation sites is 1. The number of nitrogens with two attached hydrogens (primary N) is 1. The standard InChI is InChI=1S/C10H11F3N2O2/c11-10(12,13)8(16)5-15-9(17)6-3-1-2-4-7(6)14/h1-4,8,16H,5,14H2,(H,15,17). The third kappa shape index (κ3) is 3.63. The molecule has 0 aliphatic rings. The summed E-state index contributed by atoms with van der Waals surface area (Å²) in [6.45, 7) is -0.906. The van der Waals surface area contributed by atoms with E-state index in [2.05, 4.69) is 0 Å². The number of rotatable bonds is 3. The normalized spacial score (nSPS) is 13.2. The van der Waals surface area contributed by atoms with E-state index in [1.165, 1.54) is 18.2 Å². The van der Waals surface area contributed by atoms with E-state index in [0.717, 1.165) is 0 Å². The van der Waals surface area contributed by atoms with Gasteiger partial charge in [0.1, 0.15) is 0 Å². The van der Waals surface area contributed by atoms with Crippen LogP contribution in [0.2, 0.25) is 0 Å². The molecule has 4 nitrogen and oxygen atoms in total. The molecule has 94 valence electrons. The maximum Gasteiger partial charge on any atom is 0.416 e. The van der Waals surface area contributed by atoms with Crippen LogP contribution in [0.3, 0.4) is 0 Å². The predicted molar refractivity (Wildman–Crippen MR) is 55.2 cm³/mol. The van der Waals surface area contributed by atoms with Crippen LogP contribution < -0.4 is 11.1 Å². The van der Waals surface area contributed by atoms with Crippen molar-refractivity contribution in [2.45, 2.75) is 12.3 Å². The van der Waals surface area contributed by atoms with Gasteiger partial charge in [-0.2, -0.15) is 13.2 Å². The second-order valence-electron chi connectivity index (χ2n) is 3.35. The molecule has 4 N–H and O–H groups in total. The van der Waals surface area contributed by atoms with Crippen LogP contribution in [0.4, 0.5) is 18.9 Å². The number of aliphatic hydroxyl groups is 1. The summed E-state index contributed by atoms with van der Waals surface area (Å²) in [4.78, 5) is 11.4. The van der Waals surface area contributed by atoms with Crippen molar-refractivity contribution in [3.05, 3.63) is 29.8 Å². The number of nitrogen functional groups attached to an aromatic ring is 1. The molecule has 1 rings (SSSR count). The molecule has 0 aromatic heterocycles. The van der Waals surface area contributed by atoms with Gasteiger partial charge in [0.15, 0.2) is 6.10 Å². The van der Waals surface area contributed by atoms with E-state index in [9.17, 15) is 18.0 Å². The quantitative estimate of drug-likeness (QED) is 0.696. The molecule has 0 fully saturated rings. The lowest BCUT2D eigenvalue weighted by atomic mass is 10.1. The number of carbonyl (C=O) groups is 1. The molecule has 0 bridgehead atoms. The maximum absolute atomic E-state index is 12.0. The molecule has 0 spiro atoms. The summed E-state index contributed by atoms with van der Waals surface area (Å²) < 4.78 is 35.9. The molecule has 1 aromatic carbocycles. The first-order valence-electron chi connectivity index (χ1n) is 4.70. The number of alkyl halides is 3. The van der Waals surface area contributed by atoms with E-state index < -0.39 is 24.7 Å². The molecule has 0 saturated heterocycles. The monoisotopic (exact) mass is 248 g/mol. The number of halogens is 3. The van der Waals surface area contributed by atoms with Crippen LogP contribution in [0, 0.1) is 0 Å². The van der Waals surface area contributed by atoms with Gasteiger partial charge in [-0.3, -0.25) is 4.79 Å². The Morgan fingerprint density at radius 1 is 1.41 bits per heavy atom. The number of benzene rings is 1. The zero-order chi connectivity index (χ0) is 13.1. The minimum absolute atomic E-state index is 0.0712. The SMILES string of the molecule is Nc1ccccc1C(=O)NCC(O)C(F)(F)F. The Hall–Kier alpha value is -1.76. The average Bonchev–Trinajstić information content (AvgIpc) is 2.24. The molecule has 0 aliphatic heterocycles.